The van der Waals surface area contributed by atoms with E-state index in [0.717, 1.165) is 23.1 Å². The molecule has 0 unspecified atom stereocenters. The molecule has 0 atom stereocenters. The molecule has 0 saturated carbocycles. The van der Waals surface area contributed by atoms with Crippen LogP contribution in [0.15, 0.2) is 60.7 Å². The van der Waals surface area contributed by atoms with Gasteiger partial charge in [-0.2, -0.15) is 0 Å². The third-order valence-corrected chi connectivity index (χ3v) is 7.70. The van der Waals surface area contributed by atoms with Gasteiger partial charge < -0.3 is 24.0 Å². The highest BCUT2D eigenvalue weighted by atomic mass is 35.5. The fourth-order valence-corrected chi connectivity index (χ4v) is 4.95. The Hall–Kier alpha value is -3.68. The highest BCUT2D eigenvalue weighted by molar-refractivity contribution is 6.42. The quantitative estimate of drug-likeness (QED) is 0.305. The van der Waals surface area contributed by atoms with Gasteiger partial charge in [-0.15, -0.1) is 0 Å². The summed E-state index contributed by atoms with van der Waals surface area (Å²) >= 11 is 12.5. The Morgan fingerprint density at radius 1 is 0.750 bits per heavy atom. The monoisotopic (exact) mass is 582 g/mol. The van der Waals surface area contributed by atoms with Crippen molar-refractivity contribution in [3.05, 3.63) is 93.0 Å². The van der Waals surface area contributed by atoms with Crippen molar-refractivity contribution in [2.24, 2.45) is 0 Å². The van der Waals surface area contributed by atoms with Crippen molar-refractivity contribution in [1.82, 2.24) is 9.80 Å². The molecule has 3 aromatic carbocycles. The van der Waals surface area contributed by atoms with E-state index in [4.69, 9.17) is 37.4 Å². The van der Waals surface area contributed by atoms with E-state index in [-0.39, 0.29) is 11.8 Å². The van der Waals surface area contributed by atoms with Gasteiger partial charge in [0, 0.05) is 37.8 Å². The van der Waals surface area contributed by atoms with Gasteiger partial charge in [0.15, 0.2) is 11.5 Å². The van der Waals surface area contributed by atoms with Crippen molar-refractivity contribution in [3.63, 3.8) is 0 Å². The van der Waals surface area contributed by atoms with Crippen LogP contribution in [0.3, 0.4) is 0 Å². The number of nitrogens with zero attached hydrogens (tertiary/aromatic N) is 2. The largest absolute Gasteiger partial charge is 0.493 e. The number of ether oxygens (including phenoxy) is 3. The van der Waals surface area contributed by atoms with Gasteiger partial charge in [0.2, 0.25) is 11.7 Å². The number of carbonyl (C=O) groups excluding carboxylic acids is 2. The highest BCUT2D eigenvalue weighted by Crippen LogP contribution is 2.38. The van der Waals surface area contributed by atoms with Crippen molar-refractivity contribution in [1.29, 1.82) is 0 Å². The van der Waals surface area contributed by atoms with Crippen molar-refractivity contribution >= 4 is 40.6 Å². The van der Waals surface area contributed by atoms with Gasteiger partial charge in [-0.05, 0) is 52.9 Å². The smallest absolute Gasteiger partial charge is 0.254 e. The molecule has 1 saturated heterocycles. The average Bonchev–Trinajstić information content (AvgIpc) is 3.00. The van der Waals surface area contributed by atoms with Crippen LogP contribution in [0.5, 0.6) is 17.2 Å². The summed E-state index contributed by atoms with van der Waals surface area (Å²) in [6, 6.07) is 16.8. The number of rotatable bonds is 8. The van der Waals surface area contributed by atoms with Crippen LogP contribution in [0.1, 0.15) is 34.0 Å². The number of benzene rings is 3. The number of aryl methyl sites for hydroxylation is 1. The molecule has 0 N–H and O–H groups in total. The minimum atomic E-state index is -0.172. The zero-order chi connectivity index (χ0) is 28.8. The number of piperazine rings is 1. The van der Waals surface area contributed by atoms with E-state index in [0.29, 0.717) is 59.0 Å². The number of halogens is 2. The van der Waals surface area contributed by atoms with E-state index in [2.05, 4.69) is 19.1 Å². The van der Waals surface area contributed by atoms with Crippen molar-refractivity contribution in [2.75, 3.05) is 47.5 Å². The van der Waals surface area contributed by atoms with Crippen LogP contribution >= 0.6 is 23.2 Å². The summed E-state index contributed by atoms with van der Waals surface area (Å²) in [6.07, 6.45) is 2.56. The molecule has 0 spiro atoms. The van der Waals surface area contributed by atoms with Crippen molar-refractivity contribution < 1.29 is 23.8 Å². The minimum Gasteiger partial charge on any atom is -0.493 e. The average molecular weight is 584 g/mol. The Labute approximate surface area is 244 Å². The normalized spacial score (nSPS) is 13.7. The first-order chi connectivity index (χ1) is 19.3. The maximum absolute atomic E-state index is 13.5. The maximum atomic E-state index is 13.5. The Kier molecular flexibility index (Phi) is 9.61. The summed E-state index contributed by atoms with van der Waals surface area (Å²) in [4.78, 5) is 30.2. The lowest BCUT2D eigenvalue weighted by Gasteiger charge is -2.34. The van der Waals surface area contributed by atoms with Gasteiger partial charge in [-0.1, -0.05) is 60.5 Å². The summed E-state index contributed by atoms with van der Waals surface area (Å²) in [5.41, 5.74) is 4.08. The van der Waals surface area contributed by atoms with Crippen LogP contribution in [0.2, 0.25) is 10.0 Å². The Bertz CT molecular complexity index is 1390. The number of methoxy groups -OCH3 is 3. The van der Waals surface area contributed by atoms with Gasteiger partial charge in [0.25, 0.3) is 5.91 Å². The molecule has 9 heteroatoms. The molecule has 0 radical (unpaired) electrons. The predicted molar refractivity (Wildman–Crippen MR) is 158 cm³/mol. The molecule has 2 amide bonds. The molecule has 4 rings (SSSR count). The SMILES string of the molecule is CCc1ccc(/C(=C/C(=O)N2CCN(C(=O)c3cc(OC)c(OC)c(OC)c3)CC2)c2ccc(Cl)c(Cl)c2)cc1. The van der Waals surface area contributed by atoms with E-state index in [1.807, 2.05) is 18.2 Å². The van der Waals surface area contributed by atoms with E-state index in [1.165, 1.54) is 26.9 Å². The minimum absolute atomic E-state index is 0.138. The first kappa shape index (κ1) is 29.3. The van der Waals surface area contributed by atoms with Crippen molar-refractivity contribution in [3.8, 4) is 17.2 Å². The molecule has 210 valence electrons. The molecule has 3 aromatic rings. The topological polar surface area (TPSA) is 68.3 Å². The zero-order valence-electron chi connectivity index (χ0n) is 23.0. The second kappa shape index (κ2) is 13.1. The lowest BCUT2D eigenvalue weighted by molar-refractivity contribution is -0.127. The van der Waals surface area contributed by atoms with Gasteiger partial charge in [0.1, 0.15) is 0 Å². The fraction of sp³-hybridized carbons (Fsp3) is 0.290. The van der Waals surface area contributed by atoms with Crippen LogP contribution in [-0.4, -0.2) is 69.1 Å². The first-order valence-electron chi connectivity index (χ1n) is 12.9. The summed E-state index contributed by atoms with van der Waals surface area (Å²) in [7, 11) is 4.53. The van der Waals surface area contributed by atoms with E-state index in [9.17, 15) is 9.59 Å². The third kappa shape index (κ3) is 6.37. The van der Waals surface area contributed by atoms with Gasteiger partial charge in [-0.3, -0.25) is 9.59 Å². The molecule has 0 aliphatic carbocycles. The molecule has 7 nitrogen and oxygen atoms in total. The summed E-state index contributed by atoms with van der Waals surface area (Å²) in [5.74, 6) is 0.928. The van der Waals surface area contributed by atoms with E-state index < -0.39 is 0 Å². The number of hydrogen-bond donors (Lipinski definition) is 0. The summed E-state index contributed by atoms with van der Waals surface area (Å²) in [5, 5.41) is 0.868. The van der Waals surface area contributed by atoms with E-state index in [1.54, 1.807) is 40.1 Å². The van der Waals surface area contributed by atoms with Crippen LogP contribution in [0, 0.1) is 0 Å². The van der Waals surface area contributed by atoms with Gasteiger partial charge in [-0.25, -0.2) is 0 Å². The fourth-order valence-electron chi connectivity index (χ4n) is 4.65. The van der Waals surface area contributed by atoms with Crippen LogP contribution in [-0.2, 0) is 11.2 Å². The molecular weight excluding hydrogens is 551 g/mol. The number of carbonyl (C=O) groups is 2. The molecule has 40 heavy (non-hydrogen) atoms. The van der Waals surface area contributed by atoms with Crippen LogP contribution in [0.4, 0.5) is 0 Å². The zero-order valence-corrected chi connectivity index (χ0v) is 24.5. The number of amides is 2. The Morgan fingerprint density at radius 2 is 1.32 bits per heavy atom. The van der Waals surface area contributed by atoms with Crippen molar-refractivity contribution in [2.45, 2.75) is 13.3 Å². The molecule has 1 aliphatic rings. The standard InChI is InChI=1S/C31H32Cl2N2O5/c1-5-20-6-8-21(9-7-20)24(22-10-11-25(32)26(33)16-22)19-29(36)34-12-14-35(15-13-34)31(37)23-17-27(38-2)30(40-4)28(18-23)39-3/h6-11,16-19H,5,12-15H2,1-4H3/b24-19-. The molecule has 0 bridgehead atoms. The molecule has 1 fully saturated rings. The van der Waals surface area contributed by atoms with Crippen LogP contribution < -0.4 is 14.2 Å². The summed E-state index contributed by atoms with van der Waals surface area (Å²) < 4.78 is 16.1. The second-order valence-corrected chi connectivity index (χ2v) is 10.1. The second-order valence-electron chi connectivity index (χ2n) is 9.27. The Balaban J connectivity index is 1.53. The molecule has 1 aliphatic heterocycles. The molecule has 0 aromatic heterocycles. The third-order valence-electron chi connectivity index (χ3n) is 6.96. The lowest BCUT2D eigenvalue weighted by atomic mass is 9.96. The van der Waals surface area contributed by atoms with Crippen LogP contribution in [0.25, 0.3) is 5.57 Å². The predicted octanol–water partition coefficient (Wildman–Crippen LogP) is 6.00. The number of hydrogen-bond acceptors (Lipinski definition) is 5. The van der Waals surface area contributed by atoms with Gasteiger partial charge >= 0.3 is 0 Å². The van der Waals surface area contributed by atoms with Gasteiger partial charge in [0.05, 0.1) is 31.4 Å². The lowest BCUT2D eigenvalue weighted by Crippen LogP contribution is -2.50. The summed E-state index contributed by atoms with van der Waals surface area (Å²) in [6.45, 7) is 3.68. The maximum Gasteiger partial charge on any atom is 0.254 e. The van der Waals surface area contributed by atoms with E-state index >= 15 is 0 Å². The molecular formula is C31H32Cl2N2O5. The Morgan fingerprint density at radius 3 is 1.85 bits per heavy atom. The molecule has 1 heterocycles. The highest BCUT2D eigenvalue weighted by Gasteiger charge is 2.26. The first-order valence-corrected chi connectivity index (χ1v) is 13.7.